The van der Waals surface area contributed by atoms with Gasteiger partial charge in [-0.15, -0.1) is 10.2 Å². The fourth-order valence-corrected chi connectivity index (χ4v) is 5.13. The molecule has 4 amide bonds. The maximum Gasteiger partial charge on any atom is 0.344 e. The van der Waals surface area contributed by atoms with E-state index in [9.17, 15) is 14.4 Å². The number of hydrazine groups is 1. The molecule has 3 aromatic rings. The highest BCUT2D eigenvalue weighted by Crippen LogP contribution is 2.33. The zero-order chi connectivity index (χ0) is 23.5. The van der Waals surface area contributed by atoms with E-state index in [1.54, 1.807) is 18.4 Å². The second-order valence-corrected chi connectivity index (χ2v) is 9.33. The third-order valence-electron chi connectivity index (χ3n) is 6.08. The third-order valence-corrected chi connectivity index (χ3v) is 7.05. The Morgan fingerprint density at radius 1 is 1.09 bits per heavy atom. The first kappa shape index (κ1) is 22.2. The summed E-state index contributed by atoms with van der Waals surface area (Å²) in [5.74, 6) is 0.204. The predicted molar refractivity (Wildman–Crippen MR) is 123 cm³/mol. The Kier molecular flexibility index (Phi) is 6.10. The molecule has 0 unspecified atom stereocenters. The van der Waals surface area contributed by atoms with Crippen LogP contribution in [0.4, 0.5) is 4.79 Å². The summed E-state index contributed by atoms with van der Waals surface area (Å²) in [5.41, 5.74) is 2.61. The van der Waals surface area contributed by atoms with Crippen LogP contribution in [-0.2, 0) is 16.1 Å². The number of amides is 4. The highest BCUT2D eigenvalue weighted by Gasteiger charge is 2.52. The van der Waals surface area contributed by atoms with E-state index < -0.39 is 17.5 Å². The van der Waals surface area contributed by atoms with E-state index in [1.165, 1.54) is 11.8 Å². The molecular weight excluding hydrogens is 456 g/mol. The van der Waals surface area contributed by atoms with Crippen molar-refractivity contribution >= 4 is 29.6 Å². The summed E-state index contributed by atoms with van der Waals surface area (Å²) in [5, 5.41) is 12.6. The van der Waals surface area contributed by atoms with Gasteiger partial charge in [-0.05, 0) is 30.5 Å². The lowest BCUT2D eigenvalue weighted by Gasteiger charge is -2.30. The van der Waals surface area contributed by atoms with Crippen molar-refractivity contribution in [2.45, 2.75) is 49.3 Å². The number of hydrogen-bond donors (Lipinski definition) is 2. The van der Waals surface area contributed by atoms with Gasteiger partial charge in [0.15, 0.2) is 10.9 Å². The van der Waals surface area contributed by atoms with Crippen LogP contribution in [0.1, 0.15) is 37.7 Å². The highest BCUT2D eigenvalue weighted by atomic mass is 32.2. The molecule has 2 aliphatic rings. The van der Waals surface area contributed by atoms with Gasteiger partial charge in [0.2, 0.25) is 11.7 Å². The number of carbonyl (C=O) groups excluding carboxylic acids is 3. The number of furan rings is 1. The number of hydrogen-bond acceptors (Lipinski definition) is 7. The Morgan fingerprint density at radius 2 is 1.88 bits per heavy atom. The van der Waals surface area contributed by atoms with Crippen LogP contribution in [0.15, 0.2) is 58.3 Å². The Morgan fingerprint density at radius 3 is 2.62 bits per heavy atom. The van der Waals surface area contributed by atoms with Gasteiger partial charge in [-0.3, -0.25) is 19.6 Å². The smallest absolute Gasteiger partial charge is 0.344 e. The van der Waals surface area contributed by atoms with Crippen molar-refractivity contribution in [1.82, 2.24) is 30.5 Å². The van der Waals surface area contributed by atoms with Crippen LogP contribution in [0.2, 0.25) is 0 Å². The Hall–Kier alpha value is -3.60. The number of nitrogens with one attached hydrogen (secondary N) is 2. The maximum absolute atomic E-state index is 12.9. The van der Waals surface area contributed by atoms with E-state index in [0.29, 0.717) is 36.1 Å². The van der Waals surface area contributed by atoms with Gasteiger partial charge in [-0.2, -0.15) is 5.01 Å². The highest BCUT2D eigenvalue weighted by molar-refractivity contribution is 7.99. The average Bonchev–Trinajstić information content (AvgIpc) is 3.56. The number of nitrogens with zero attached hydrogens (tertiary/aromatic N) is 4. The molecule has 34 heavy (non-hydrogen) atoms. The normalized spacial score (nSPS) is 17.2. The number of imide groups is 1. The number of carbonyl (C=O) groups is 3. The summed E-state index contributed by atoms with van der Waals surface area (Å²) in [4.78, 5) is 37.9. The summed E-state index contributed by atoms with van der Waals surface area (Å²) in [7, 11) is 0. The lowest BCUT2D eigenvalue weighted by molar-refractivity contribution is -0.139. The minimum atomic E-state index is -0.885. The molecule has 0 radical (unpaired) electrons. The van der Waals surface area contributed by atoms with E-state index in [4.69, 9.17) is 4.42 Å². The molecule has 0 bridgehead atoms. The van der Waals surface area contributed by atoms with Crippen LogP contribution < -0.4 is 10.7 Å². The number of urea groups is 1. The molecule has 2 N–H and O–H groups in total. The first-order valence-corrected chi connectivity index (χ1v) is 12.1. The molecule has 3 heterocycles. The second kappa shape index (κ2) is 9.34. The molecule has 1 aliphatic heterocycles. The Balaban J connectivity index is 1.28. The van der Waals surface area contributed by atoms with Gasteiger partial charge in [0.25, 0.3) is 5.91 Å². The third kappa shape index (κ3) is 4.30. The SMILES string of the molecule is O=C(CSc1nnc(-c2ccco2)n1Cc1ccccc1)NN1C(=O)NC2(CCCCC2)C1=O. The molecule has 1 aliphatic carbocycles. The predicted octanol–water partition coefficient (Wildman–Crippen LogP) is 2.96. The van der Waals surface area contributed by atoms with E-state index in [1.807, 2.05) is 34.9 Å². The molecule has 1 saturated carbocycles. The average molecular weight is 481 g/mol. The van der Waals surface area contributed by atoms with Crippen molar-refractivity contribution in [2.24, 2.45) is 0 Å². The van der Waals surface area contributed by atoms with Crippen molar-refractivity contribution in [1.29, 1.82) is 0 Å². The van der Waals surface area contributed by atoms with Gasteiger partial charge < -0.3 is 9.73 Å². The van der Waals surface area contributed by atoms with Crippen LogP contribution in [-0.4, -0.2) is 48.9 Å². The summed E-state index contributed by atoms with van der Waals surface area (Å²) >= 11 is 1.17. The lowest BCUT2D eigenvalue weighted by atomic mass is 9.82. The Bertz CT molecular complexity index is 1190. The monoisotopic (exact) mass is 480 g/mol. The molecule has 1 saturated heterocycles. The van der Waals surface area contributed by atoms with Crippen LogP contribution in [0, 0.1) is 0 Å². The van der Waals surface area contributed by atoms with Crippen molar-refractivity contribution in [3.8, 4) is 11.6 Å². The Labute approximate surface area is 200 Å². The standard InChI is InChI=1S/C23H24N6O4S/c30-18(27-29-20(31)23(24-21(29)32)11-5-2-6-12-23)15-34-22-26-25-19(17-10-7-13-33-17)28(22)14-16-8-3-1-4-9-16/h1,3-4,7-10,13H,2,5-6,11-12,14-15H2,(H,24,32)(H,27,30). The number of benzene rings is 1. The van der Waals surface area contributed by atoms with E-state index in [0.717, 1.165) is 29.8 Å². The van der Waals surface area contributed by atoms with Crippen LogP contribution >= 0.6 is 11.8 Å². The molecule has 5 rings (SSSR count). The molecule has 176 valence electrons. The minimum Gasteiger partial charge on any atom is -0.461 e. The van der Waals surface area contributed by atoms with Gasteiger partial charge >= 0.3 is 6.03 Å². The largest absolute Gasteiger partial charge is 0.461 e. The van der Waals surface area contributed by atoms with E-state index in [-0.39, 0.29) is 11.7 Å². The van der Waals surface area contributed by atoms with Crippen molar-refractivity contribution in [2.75, 3.05) is 5.75 Å². The number of rotatable bonds is 7. The minimum absolute atomic E-state index is 0.0465. The topological polar surface area (TPSA) is 122 Å². The van der Waals surface area contributed by atoms with Crippen LogP contribution in [0.25, 0.3) is 11.6 Å². The van der Waals surface area contributed by atoms with Crippen molar-refractivity contribution in [3.63, 3.8) is 0 Å². The first-order chi connectivity index (χ1) is 16.6. The molecule has 1 spiro atoms. The summed E-state index contributed by atoms with van der Waals surface area (Å²) in [6.07, 6.45) is 5.54. The molecule has 10 nitrogen and oxygen atoms in total. The first-order valence-electron chi connectivity index (χ1n) is 11.2. The zero-order valence-electron chi connectivity index (χ0n) is 18.4. The van der Waals surface area contributed by atoms with Crippen molar-refractivity contribution < 1.29 is 18.8 Å². The molecule has 1 aromatic carbocycles. The molecular formula is C23H24N6O4S. The van der Waals surface area contributed by atoms with Gasteiger partial charge in [-0.25, -0.2) is 4.79 Å². The molecule has 11 heteroatoms. The van der Waals surface area contributed by atoms with Gasteiger partial charge in [-0.1, -0.05) is 61.4 Å². The fraction of sp³-hybridized carbons (Fsp3) is 0.348. The van der Waals surface area contributed by atoms with E-state index >= 15 is 0 Å². The fourth-order valence-electron chi connectivity index (χ4n) is 4.40. The van der Waals surface area contributed by atoms with Gasteiger partial charge in [0.1, 0.15) is 5.54 Å². The van der Waals surface area contributed by atoms with Gasteiger partial charge in [0.05, 0.1) is 18.6 Å². The van der Waals surface area contributed by atoms with Gasteiger partial charge in [0, 0.05) is 0 Å². The van der Waals surface area contributed by atoms with Crippen LogP contribution in [0.3, 0.4) is 0 Å². The molecule has 0 atom stereocenters. The van der Waals surface area contributed by atoms with E-state index in [2.05, 4.69) is 20.9 Å². The molecule has 2 fully saturated rings. The van der Waals surface area contributed by atoms with Crippen LogP contribution in [0.5, 0.6) is 0 Å². The number of thioether (sulfide) groups is 1. The second-order valence-electron chi connectivity index (χ2n) is 8.39. The summed E-state index contributed by atoms with van der Waals surface area (Å²) in [6, 6.07) is 12.8. The quantitative estimate of drug-likeness (QED) is 0.394. The van der Waals surface area contributed by atoms with Crippen molar-refractivity contribution in [3.05, 3.63) is 54.3 Å². The maximum atomic E-state index is 12.9. The molecule has 2 aromatic heterocycles. The number of aromatic nitrogens is 3. The summed E-state index contributed by atoms with van der Waals surface area (Å²) in [6.45, 7) is 0.489. The lowest BCUT2D eigenvalue weighted by Crippen LogP contribution is -2.51. The summed E-state index contributed by atoms with van der Waals surface area (Å²) < 4.78 is 7.38. The zero-order valence-corrected chi connectivity index (χ0v) is 19.2.